The van der Waals surface area contributed by atoms with Gasteiger partial charge >= 0.3 is 0 Å². The molecular weight excluding hydrogens is 278 g/mol. The largest absolute Gasteiger partial charge is 0.466 e. The molecule has 1 fully saturated rings. The topological polar surface area (TPSA) is 25.2 Å². The number of nitrogens with one attached hydrogen (secondary N) is 1. The summed E-state index contributed by atoms with van der Waals surface area (Å²) in [7, 11) is 0. The maximum atomic E-state index is 5.61. The van der Waals surface area contributed by atoms with E-state index in [4.69, 9.17) is 4.42 Å². The Labute approximate surface area is 112 Å². The van der Waals surface area contributed by atoms with E-state index in [1.54, 1.807) is 6.26 Å². The number of hydrogen-bond acceptors (Lipinski definition) is 2. The van der Waals surface area contributed by atoms with Crippen molar-refractivity contribution >= 4 is 15.9 Å². The van der Waals surface area contributed by atoms with Gasteiger partial charge in [-0.15, -0.1) is 0 Å². The first-order valence-electron chi connectivity index (χ1n) is 6.77. The van der Waals surface area contributed by atoms with Crippen molar-refractivity contribution in [3.8, 4) is 0 Å². The minimum atomic E-state index is 0.368. The highest BCUT2D eigenvalue weighted by Gasteiger charge is 2.23. The summed E-state index contributed by atoms with van der Waals surface area (Å²) in [5.74, 6) is 1.93. The summed E-state index contributed by atoms with van der Waals surface area (Å²) in [6, 6.07) is 2.35. The Bertz CT molecular complexity index is 331. The summed E-state index contributed by atoms with van der Waals surface area (Å²) >= 11 is 3.57. The van der Waals surface area contributed by atoms with E-state index in [0.717, 1.165) is 22.7 Å². The molecular formula is C14H22BrNO. The summed E-state index contributed by atoms with van der Waals surface area (Å²) in [6.45, 7) is 3.15. The summed E-state index contributed by atoms with van der Waals surface area (Å²) < 4.78 is 6.71. The Kier molecular flexibility index (Phi) is 5.11. The van der Waals surface area contributed by atoms with Gasteiger partial charge in [0.25, 0.3) is 0 Å². The van der Waals surface area contributed by atoms with Crippen molar-refractivity contribution in [1.29, 1.82) is 0 Å². The van der Waals surface area contributed by atoms with Gasteiger partial charge in [0.15, 0.2) is 0 Å². The SMILES string of the molecule is CCNC(CC1CCCCC1)c1occc1Br. The molecule has 1 heterocycles. The molecule has 0 radical (unpaired) electrons. The molecule has 1 aromatic rings. The van der Waals surface area contributed by atoms with Crippen LogP contribution in [0.25, 0.3) is 0 Å². The van der Waals surface area contributed by atoms with Crippen LogP contribution in [0.4, 0.5) is 0 Å². The van der Waals surface area contributed by atoms with Gasteiger partial charge in [0, 0.05) is 0 Å². The standard InChI is InChI=1S/C14H22BrNO/c1-2-16-13(14-12(15)8-9-17-14)10-11-6-4-3-5-7-11/h8-9,11,13,16H,2-7,10H2,1H3. The molecule has 1 aliphatic rings. The van der Waals surface area contributed by atoms with Gasteiger partial charge in [-0.05, 0) is 40.9 Å². The third-order valence-corrected chi connectivity index (χ3v) is 4.36. The second-order valence-corrected chi connectivity index (χ2v) is 5.84. The van der Waals surface area contributed by atoms with Crippen LogP contribution in [0.1, 0.15) is 57.3 Å². The van der Waals surface area contributed by atoms with Gasteiger partial charge < -0.3 is 9.73 Å². The van der Waals surface area contributed by atoms with Crippen LogP contribution in [0.5, 0.6) is 0 Å². The molecule has 2 rings (SSSR count). The summed E-state index contributed by atoms with van der Waals surface area (Å²) in [4.78, 5) is 0. The van der Waals surface area contributed by atoms with Gasteiger partial charge in [-0.1, -0.05) is 39.0 Å². The zero-order chi connectivity index (χ0) is 12.1. The molecule has 96 valence electrons. The average molecular weight is 300 g/mol. The quantitative estimate of drug-likeness (QED) is 0.855. The van der Waals surface area contributed by atoms with Crippen molar-refractivity contribution in [3.05, 3.63) is 22.6 Å². The molecule has 0 spiro atoms. The van der Waals surface area contributed by atoms with Gasteiger partial charge in [-0.3, -0.25) is 0 Å². The molecule has 1 aromatic heterocycles. The molecule has 17 heavy (non-hydrogen) atoms. The lowest BCUT2D eigenvalue weighted by Crippen LogP contribution is -2.24. The molecule has 1 unspecified atom stereocenters. The summed E-state index contributed by atoms with van der Waals surface area (Å²) in [6.07, 6.45) is 9.99. The first-order valence-corrected chi connectivity index (χ1v) is 7.56. The first kappa shape index (κ1) is 13.2. The normalized spacial score (nSPS) is 19.4. The molecule has 0 amide bonds. The van der Waals surface area contributed by atoms with Gasteiger partial charge in [0.05, 0.1) is 16.8 Å². The van der Waals surface area contributed by atoms with Crippen molar-refractivity contribution in [2.45, 2.75) is 51.5 Å². The maximum absolute atomic E-state index is 5.61. The van der Waals surface area contributed by atoms with Crippen LogP contribution < -0.4 is 5.32 Å². The smallest absolute Gasteiger partial charge is 0.134 e. The fourth-order valence-corrected chi connectivity index (χ4v) is 3.32. The number of furan rings is 1. The second kappa shape index (κ2) is 6.60. The fraction of sp³-hybridized carbons (Fsp3) is 0.714. The fourth-order valence-electron chi connectivity index (χ4n) is 2.84. The van der Waals surface area contributed by atoms with Crippen LogP contribution in [0, 0.1) is 5.92 Å². The van der Waals surface area contributed by atoms with Gasteiger partial charge in [0.2, 0.25) is 0 Å². The minimum Gasteiger partial charge on any atom is -0.466 e. The Morgan fingerprint density at radius 1 is 1.41 bits per heavy atom. The Morgan fingerprint density at radius 3 is 2.76 bits per heavy atom. The molecule has 0 saturated heterocycles. The maximum Gasteiger partial charge on any atom is 0.134 e. The first-order chi connectivity index (χ1) is 8.31. The van der Waals surface area contributed by atoms with E-state index in [1.165, 1.54) is 38.5 Å². The molecule has 0 aromatic carbocycles. The molecule has 2 nitrogen and oxygen atoms in total. The highest BCUT2D eigenvalue weighted by molar-refractivity contribution is 9.10. The molecule has 0 bridgehead atoms. The van der Waals surface area contributed by atoms with Crippen LogP contribution in [-0.4, -0.2) is 6.54 Å². The Morgan fingerprint density at radius 2 is 2.18 bits per heavy atom. The second-order valence-electron chi connectivity index (χ2n) is 4.98. The highest BCUT2D eigenvalue weighted by atomic mass is 79.9. The zero-order valence-corrected chi connectivity index (χ0v) is 12.1. The van der Waals surface area contributed by atoms with Crippen LogP contribution in [0.15, 0.2) is 21.2 Å². The predicted molar refractivity (Wildman–Crippen MR) is 74.0 cm³/mol. The van der Waals surface area contributed by atoms with Crippen molar-refractivity contribution in [3.63, 3.8) is 0 Å². The molecule has 1 atom stereocenters. The summed E-state index contributed by atoms with van der Waals surface area (Å²) in [5, 5.41) is 3.55. The molecule has 1 N–H and O–H groups in total. The lowest BCUT2D eigenvalue weighted by molar-refractivity contribution is 0.281. The number of hydrogen-bond donors (Lipinski definition) is 1. The highest BCUT2D eigenvalue weighted by Crippen LogP contribution is 2.34. The molecule has 1 aliphatic carbocycles. The predicted octanol–water partition coefficient (Wildman–Crippen LogP) is 4.66. The van der Waals surface area contributed by atoms with E-state index in [0.29, 0.717) is 6.04 Å². The van der Waals surface area contributed by atoms with Crippen LogP contribution >= 0.6 is 15.9 Å². The van der Waals surface area contributed by atoms with E-state index in [1.807, 2.05) is 6.07 Å². The van der Waals surface area contributed by atoms with E-state index >= 15 is 0 Å². The van der Waals surface area contributed by atoms with Gasteiger partial charge in [-0.25, -0.2) is 0 Å². The average Bonchev–Trinajstić information content (AvgIpc) is 2.76. The van der Waals surface area contributed by atoms with E-state index in [2.05, 4.69) is 28.2 Å². The van der Waals surface area contributed by atoms with Crippen molar-refractivity contribution in [1.82, 2.24) is 5.32 Å². The van der Waals surface area contributed by atoms with Crippen LogP contribution in [-0.2, 0) is 0 Å². The monoisotopic (exact) mass is 299 g/mol. The summed E-state index contributed by atoms with van der Waals surface area (Å²) in [5.41, 5.74) is 0. The number of rotatable bonds is 5. The van der Waals surface area contributed by atoms with Crippen molar-refractivity contribution in [2.24, 2.45) is 5.92 Å². The molecule has 3 heteroatoms. The van der Waals surface area contributed by atoms with E-state index in [-0.39, 0.29) is 0 Å². The van der Waals surface area contributed by atoms with Crippen LogP contribution in [0.2, 0.25) is 0 Å². The lowest BCUT2D eigenvalue weighted by atomic mass is 9.84. The third kappa shape index (κ3) is 3.59. The van der Waals surface area contributed by atoms with Gasteiger partial charge in [-0.2, -0.15) is 0 Å². The third-order valence-electron chi connectivity index (χ3n) is 3.71. The number of halogens is 1. The lowest BCUT2D eigenvalue weighted by Gasteiger charge is -2.26. The van der Waals surface area contributed by atoms with Crippen molar-refractivity contribution in [2.75, 3.05) is 6.54 Å². The minimum absolute atomic E-state index is 0.368. The molecule has 1 saturated carbocycles. The van der Waals surface area contributed by atoms with Crippen LogP contribution in [0.3, 0.4) is 0 Å². The van der Waals surface area contributed by atoms with Crippen molar-refractivity contribution < 1.29 is 4.42 Å². The van der Waals surface area contributed by atoms with Gasteiger partial charge in [0.1, 0.15) is 5.76 Å². The Balaban J connectivity index is 1.99. The Hall–Kier alpha value is -0.280. The van der Waals surface area contributed by atoms with E-state index in [9.17, 15) is 0 Å². The molecule has 0 aliphatic heterocycles. The van der Waals surface area contributed by atoms with E-state index < -0.39 is 0 Å². The zero-order valence-electron chi connectivity index (χ0n) is 10.5.